The minimum Gasteiger partial charge on any atom is -0.310 e. The zero-order valence-corrected chi connectivity index (χ0v) is 12.1. The predicted octanol–water partition coefficient (Wildman–Crippen LogP) is 4.16. The van der Waals surface area contributed by atoms with Gasteiger partial charge in [0.25, 0.3) is 0 Å². The molecule has 1 aliphatic rings. The number of aryl methyl sites for hydroxylation is 1. The lowest BCUT2D eigenvalue weighted by molar-refractivity contribution is 0.206. The Morgan fingerprint density at radius 1 is 1.11 bits per heavy atom. The molecule has 0 aliphatic heterocycles. The van der Waals surface area contributed by atoms with Crippen molar-refractivity contribution in [1.29, 1.82) is 0 Å². The molecule has 1 heteroatoms. The molecule has 1 nitrogen and oxygen atoms in total. The second kappa shape index (κ2) is 6.38. The molecule has 0 heterocycles. The molecule has 1 N–H and O–H groups in total. The van der Waals surface area contributed by atoms with E-state index in [0.717, 1.165) is 24.8 Å². The Morgan fingerprint density at radius 2 is 1.83 bits per heavy atom. The quantitative estimate of drug-likeness (QED) is 0.839. The van der Waals surface area contributed by atoms with Crippen LogP contribution in [-0.4, -0.2) is 6.04 Å². The van der Waals surface area contributed by atoms with Crippen LogP contribution in [0.2, 0.25) is 0 Å². The standard InChI is InChI=1S/C17H27N/c1-4-15-9-5-6-10-16(15)12-18-17-11-7-8-13(2)14(17)3/h5-6,9-10,13-14,17-18H,4,7-8,11-12H2,1-3H3. The van der Waals surface area contributed by atoms with Gasteiger partial charge in [-0.25, -0.2) is 0 Å². The first kappa shape index (κ1) is 13.6. The van der Waals surface area contributed by atoms with Gasteiger partial charge in [-0.05, 0) is 35.8 Å². The third kappa shape index (κ3) is 3.14. The molecule has 1 fully saturated rings. The van der Waals surface area contributed by atoms with Crippen LogP contribution in [-0.2, 0) is 13.0 Å². The van der Waals surface area contributed by atoms with Gasteiger partial charge < -0.3 is 5.32 Å². The molecule has 3 unspecified atom stereocenters. The van der Waals surface area contributed by atoms with Gasteiger partial charge in [0.15, 0.2) is 0 Å². The van der Waals surface area contributed by atoms with Crippen LogP contribution in [0.25, 0.3) is 0 Å². The molecule has 0 bridgehead atoms. The summed E-state index contributed by atoms with van der Waals surface area (Å²) in [4.78, 5) is 0. The Morgan fingerprint density at radius 3 is 2.56 bits per heavy atom. The number of rotatable bonds is 4. The van der Waals surface area contributed by atoms with Crippen molar-refractivity contribution in [2.24, 2.45) is 11.8 Å². The monoisotopic (exact) mass is 245 g/mol. The average molecular weight is 245 g/mol. The summed E-state index contributed by atoms with van der Waals surface area (Å²) < 4.78 is 0. The van der Waals surface area contributed by atoms with Gasteiger partial charge in [0.2, 0.25) is 0 Å². The van der Waals surface area contributed by atoms with Crippen LogP contribution in [0.15, 0.2) is 24.3 Å². The van der Waals surface area contributed by atoms with Gasteiger partial charge in [-0.1, -0.05) is 57.9 Å². The van der Waals surface area contributed by atoms with Gasteiger partial charge in [0.1, 0.15) is 0 Å². The van der Waals surface area contributed by atoms with Crippen molar-refractivity contribution in [3.05, 3.63) is 35.4 Å². The topological polar surface area (TPSA) is 12.0 Å². The van der Waals surface area contributed by atoms with Gasteiger partial charge >= 0.3 is 0 Å². The van der Waals surface area contributed by atoms with Gasteiger partial charge in [0, 0.05) is 12.6 Å². The molecule has 2 rings (SSSR count). The fourth-order valence-electron chi connectivity index (χ4n) is 3.19. The summed E-state index contributed by atoms with van der Waals surface area (Å²) in [5.41, 5.74) is 2.96. The van der Waals surface area contributed by atoms with Crippen LogP contribution < -0.4 is 5.32 Å². The van der Waals surface area contributed by atoms with Gasteiger partial charge in [-0.15, -0.1) is 0 Å². The fraction of sp³-hybridized carbons (Fsp3) is 0.647. The molecule has 100 valence electrons. The van der Waals surface area contributed by atoms with E-state index in [-0.39, 0.29) is 0 Å². The van der Waals surface area contributed by atoms with Gasteiger partial charge in [-0.2, -0.15) is 0 Å². The maximum absolute atomic E-state index is 3.79. The highest BCUT2D eigenvalue weighted by atomic mass is 14.9. The molecule has 0 amide bonds. The number of nitrogens with one attached hydrogen (secondary N) is 1. The van der Waals surface area contributed by atoms with Crippen molar-refractivity contribution >= 4 is 0 Å². The van der Waals surface area contributed by atoms with Gasteiger partial charge in [0.05, 0.1) is 0 Å². The van der Waals surface area contributed by atoms with Crippen molar-refractivity contribution in [1.82, 2.24) is 5.32 Å². The van der Waals surface area contributed by atoms with Crippen molar-refractivity contribution in [3.63, 3.8) is 0 Å². The van der Waals surface area contributed by atoms with Crippen LogP contribution in [0.1, 0.15) is 51.2 Å². The molecular formula is C17H27N. The maximum Gasteiger partial charge on any atom is 0.0210 e. The summed E-state index contributed by atoms with van der Waals surface area (Å²) in [6.07, 6.45) is 5.28. The molecule has 0 spiro atoms. The van der Waals surface area contributed by atoms with E-state index < -0.39 is 0 Å². The lowest BCUT2D eigenvalue weighted by atomic mass is 9.78. The second-order valence-electron chi connectivity index (χ2n) is 5.88. The molecule has 1 aliphatic carbocycles. The summed E-state index contributed by atoms with van der Waals surface area (Å²) in [5.74, 6) is 1.69. The largest absolute Gasteiger partial charge is 0.310 e. The van der Waals surface area contributed by atoms with E-state index in [0.29, 0.717) is 6.04 Å². The maximum atomic E-state index is 3.79. The first-order valence-corrected chi connectivity index (χ1v) is 7.52. The normalized spacial score (nSPS) is 28.3. The molecule has 0 aromatic heterocycles. The Bertz CT molecular complexity index is 372. The molecule has 1 aromatic carbocycles. The smallest absolute Gasteiger partial charge is 0.0210 e. The van der Waals surface area contributed by atoms with Gasteiger partial charge in [-0.3, -0.25) is 0 Å². The Balaban J connectivity index is 1.94. The van der Waals surface area contributed by atoms with E-state index in [9.17, 15) is 0 Å². The zero-order chi connectivity index (χ0) is 13.0. The highest BCUT2D eigenvalue weighted by Gasteiger charge is 2.26. The first-order chi connectivity index (χ1) is 8.72. The highest BCUT2D eigenvalue weighted by Crippen LogP contribution is 2.29. The third-order valence-electron chi connectivity index (χ3n) is 4.76. The Hall–Kier alpha value is -0.820. The Labute approximate surface area is 112 Å². The average Bonchev–Trinajstić information content (AvgIpc) is 2.41. The van der Waals surface area contributed by atoms with E-state index in [1.807, 2.05) is 0 Å². The highest BCUT2D eigenvalue weighted by molar-refractivity contribution is 5.26. The molecule has 0 saturated heterocycles. The van der Waals surface area contributed by atoms with E-state index in [4.69, 9.17) is 0 Å². The molecule has 3 atom stereocenters. The number of hydrogen-bond donors (Lipinski definition) is 1. The van der Waals surface area contributed by atoms with Crippen molar-refractivity contribution < 1.29 is 0 Å². The van der Waals surface area contributed by atoms with Crippen LogP contribution in [0.3, 0.4) is 0 Å². The summed E-state index contributed by atoms with van der Waals surface area (Å²) >= 11 is 0. The van der Waals surface area contributed by atoms with Crippen LogP contribution in [0.4, 0.5) is 0 Å². The predicted molar refractivity (Wildman–Crippen MR) is 78.6 cm³/mol. The van der Waals surface area contributed by atoms with E-state index in [2.05, 4.69) is 50.4 Å². The summed E-state index contributed by atoms with van der Waals surface area (Å²) in [6, 6.07) is 9.53. The third-order valence-corrected chi connectivity index (χ3v) is 4.76. The minimum absolute atomic E-state index is 0.707. The molecule has 18 heavy (non-hydrogen) atoms. The van der Waals surface area contributed by atoms with Crippen LogP contribution in [0, 0.1) is 11.8 Å². The number of hydrogen-bond acceptors (Lipinski definition) is 1. The summed E-state index contributed by atoms with van der Waals surface area (Å²) in [7, 11) is 0. The Kier molecular flexibility index (Phi) is 4.82. The van der Waals surface area contributed by atoms with Crippen LogP contribution in [0.5, 0.6) is 0 Å². The van der Waals surface area contributed by atoms with Crippen molar-refractivity contribution in [2.75, 3.05) is 0 Å². The van der Waals surface area contributed by atoms with Crippen molar-refractivity contribution in [3.8, 4) is 0 Å². The fourth-order valence-corrected chi connectivity index (χ4v) is 3.19. The second-order valence-corrected chi connectivity index (χ2v) is 5.88. The molecule has 1 aromatic rings. The lowest BCUT2D eigenvalue weighted by Crippen LogP contribution is -2.40. The van der Waals surface area contributed by atoms with Crippen molar-refractivity contribution in [2.45, 2.75) is 59.0 Å². The SMILES string of the molecule is CCc1ccccc1CNC1CCCC(C)C1C. The summed E-state index contributed by atoms with van der Waals surface area (Å²) in [5, 5.41) is 3.79. The van der Waals surface area contributed by atoms with E-state index >= 15 is 0 Å². The molecule has 0 radical (unpaired) electrons. The van der Waals surface area contributed by atoms with E-state index in [1.165, 1.54) is 30.4 Å². The van der Waals surface area contributed by atoms with E-state index in [1.54, 1.807) is 0 Å². The first-order valence-electron chi connectivity index (χ1n) is 7.52. The molecular weight excluding hydrogens is 218 g/mol. The zero-order valence-electron chi connectivity index (χ0n) is 12.1. The molecule has 1 saturated carbocycles. The van der Waals surface area contributed by atoms with Crippen LogP contribution >= 0.6 is 0 Å². The number of benzene rings is 1. The summed E-state index contributed by atoms with van der Waals surface area (Å²) in [6.45, 7) is 8.08. The minimum atomic E-state index is 0.707. The lowest BCUT2D eigenvalue weighted by Gasteiger charge is -2.35.